The zero-order valence-corrected chi connectivity index (χ0v) is 9.63. The lowest BCUT2D eigenvalue weighted by Crippen LogP contribution is -2.37. The summed E-state index contributed by atoms with van der Waals surface area (Å²) in [4.78, 5) is 0. The van der Waals surface area contributed by atoms with E-state index in [2.05, 4.69) is 0 Å². The fourth-order valence-electron chi connectivity index (χ4n) is 1.01. The summed E-state index contributed by atoms with van der Waals surface area (Å²) in [5.74, 6) is -1.32. The molecule has 16 heavy (non-hydrogen) atoms. The van der Waals surface area contributed by atoms with Crippen LogP contribution < -0.4 is 4.74 Å². The molecule has 0 saturated heterocycles. The van der Waals surface area contributed by atoms with Crippen LogP contribution in [0, 0.1) is 17.6 Å². The minimum Gasteiger partial charge on any atom is -0.490 e. The van der Waals surface area contributed by atoms with E-state index < -0.39 is 17.2 Å². The van der Waals surface area contributed by atoms with Gasteiger partial charge in [0.15, 0.2) is 0 Å². The van der Waals surface area contributed by atoms with Crippen molar-refractivity contribution >= 4 is 0 Å². The molecule has 0 spiro atoms. The first-order valence-electron chi connectivity index (χ1n) is 5.12. The zero-order valence-electron chi connectivity index (χ0n) is 9.63. The van der Waals surface area contributed by atoms with Gasteiger partial charge in [-0.05, 0) is 12.8 Å². The van der Waals surface area contributed by atoms with Gasteiger partial charge in [0, 0.05) is 18.2 Å². The van der Waals surface area contributed by atoms with E-state index in [0.717, 1.165) is 18.2 Å². The Balaban J connectivity index is 2.68. The van der Waals surface area contributed by atoms with Crippen molar-refractivity contribution in [2.75, 3.05) is 6.61 Å². The van der Waals surface area contributed by atoms with Crippen molar-refractivity contribution in [2.24, 2.45) is 5.92 Å². The molecule has 1 aromatic carbocycles. The normalized spacial score (nSPS) is 14.9. The molecule has 2 nitrogen and oxygen atoms in total. The van der Waals surface area contributed by atoms with Crippen LogP contribution in [0.5, 0.6) is 5.75 Å². The fraction of sp³-hybridized carbons (Fsp3) is 0.500. The fourth-order valence-corrected chi connectivity index (χ4v) is 1.01. The standard InChI is InChI=1S/C12H16F2O2/c1-8(2)12(3,15)7-16-11-5-9(13)4-10(14)6-11/h4-6,8,15H,7H2,1-3H3. The first-order chi connectivity index (χ1) is 7.31. The number of hydrogen-bond donors (Lipinski definition) is 1. The lowest BCUT2D eigenvalue weighted by molar-refractivity contribution is -0.0267. The summed E-state index contributed by atoms with van der Waals surface area (Å²) >= 11 is 0. The van der Waals surface area contributed by atoms with E-state index >= 15 is 0 Å². The van der Waals surface area contributed by atoms with Crippen LogP contribution in [0.2, 0.25) is 0 Å². The van der Waals surface area contributed by atoms with Crippen LogP contribution in [-0.4, -0.2) is 17.3 Å². The summed E-state index contributed by atoms with van der Waals surface area (Å²) in [5.41, 5.74) is -1.03. The number of rotatable bonds is 4. The molecule has 0 bridgehead atoms. The molecule has 1 atom stereocenters. The van der Waals surface area contributed by atoms with Gasteiger partial charge in [-0.1, -0.05) is 13.8 Å². The average molecular weight is 230 g/mol. The van der Waals surface area contributed by atoms with Gasteiger partial charge < -0.3 is 9.84 Å². The molecule has 0 saturated carbocycles. The monoisotopic (exact) mass is 230 g/mol. The van der Waals surface area contributed by atoms with E-state index in [-0.39, 0.29) is 18.3 Å². The molecule has 1 N–H and O–H groups in total. The van der Waals surface area contributed by atoms with E-state index in [1.54, 1.807) is 6.92 Å². The van der Waals surface area contributed by atoms with E-state index in [1.165, 1.54) is 0 Å². The number of aliphatic hydroxyl groups is 1. The highest BCUT2D eigenvalue weighted by Gasteiger charge is 2.25. The highest BCUT2D eigenvalue weighted by Crippen LogP contribution is 2.20. The van der Waals surface area contributed by atoms with Crippen LogP contribution in [0.3, 0.4) is 0 Å². The number of halogens is 2. The van der Waals surface area contributed by atoms with Gasteiger partial charge in [0.1, 0.15) is 24.0 Å². The van der Waals surface area contributed by atoms with Crippen LogP contribution >= 0.6 is 0 Å². The van der Waals surface area contributed by atoms with Crippen LogP contribution in [0.15, 0.2) is 18.2 Å². The summed E-state index contributed by atoms with van der Waals surface area (Å²) in [7, 11) is 0. The van der Waals surface area contributed by atoms with E-state index in [4.69, 9.17) is 4.74 Å². The quantitative estimate of drug-likeness (QED) is 0.861. The maximum Gasteiger partial charge on any atom is 0.129 e. The lowest BCUT2D eigenvalue weighted by atomic mass is 9.94. The molecule has 1 unspecified atom stereocenters. The molecule has 0 aliphatic heterocycles. The van der Waals surface area contributed by atoms with Gasteiger partial charge in [-0.25, -0.2) is 8.78 Å². The molecular weight excluding hydrogens is 214 g/mol. The average Bonchev–Trinajstić information content (AvgIpc) is 2.13. The molecule has 0 aromatic heterocycles. The SMILES string of the molecule is CC(C)C(C)(O)COc1cc(F)cc(F)c1. The Morgan fingerprint density at radius 2 is 1.75 bits per heavy atom. The maximum absolute atomic E-state index is 12.8. The van der Waals surface area contributed by atoms with Gasteiger partial charge in [-0.2, -0.15) is 0 Å². The van der Waals surface area contributed by atoms with Gasteiger partial charge in [0.05, 0.1) is 5.60 Å². The second-order valence-electron chi connectivity index (χ2n) is 4.41. The summed E-state index contributed by atoms with van der Waals surface area (Å²) in [6.07, 6.45) is 0. The van der Waals surface area contributed by atoms with Gasteiger partial charge >= 0.3 is 0 Å². The van der Waals surface area contributed by atoms with Gasteiger partial charge in [0.2, 0.25) is 0 Å². The van der Waals surface area contributed by atoms with Crippen molar-refractivity contribution in [1.82, 2.24) is 0 Å². The smallest absolute Gasteiger partial charge is 0.129 e. The Bertz CT molecular complexity index is 342. The first kappa shape index (κ1) is 12.9. The van der Waals surface area contributed by atoms with Crippen molar-refractivity contribution < 1.29 is 18.6 Å². The van der Waals surface area contributed by atoms with E-state index in [0.29, 0.717) is 0 Å². The van der Waals surface area contributed by atoms with Gasteiger partial charge in [0.25, 0.3) is 0 Å². The van der Waals surface area contributed by atoms with Crippen LogP contribution in [-0.2, 0) is 0 Å². The molecular formula is C12H16F2O2. The number of hydrogen-bond acceptors (Lipinski definition) is 2. The first-order valence-corrected chi connectivity index (χ1v) is 5.12. The molecule has 0 fully saturated rings. The molecule has 1 aromatic rings. The minimum absolute atomic E-state index is 0.00639. The zero-order chi connectivity index (χ0) is 12.3. The molecule has 0 aliphatic rings. The Kier molecular flexibility index (Phi) is 3.86. The van der Waals surface area contributed by atoms with E-state index in [9.17, 15) is 13.9 Å². The lowest BCUT2D eigenvalue weighted by Gasteiger charge is -2.27. The van der Waals surface area contributed by atoms with Gasteiger partial charge in [-0.3, -0.25) is 0 Å². The largest absolute Gasteiger partial charge is 0.490 e. The molecule has 4 heteroatoms. The molecule has 0 amide bonds. The summed E-state index contributed by atoms with van der Waals surface area (Å²) in [6, 6.07) is 2.94. The Morgan fingerprint density at radius 1 is 1.25 bits per heavy atom. The van der Waals surface area contributed by atoms with Crippen molar-refractivity contribution in [1.29, 1.82) is 0 Å². The summed E-state index contributed by atoms with van der Waals surface area (Å²) in [6.45, 7) is 5.30. The second-order valence-corrected chi connectivity index (χ2v) is 4.41. The van der Waals surface area contributed by atoms with Crippen LogP contribution in [0.25, 0.3) is 0 Å². The number of benzene rings is 1. The predicted octanol–water partition coefficient (Wildman–Crippen LogP) is 2.75. The topological polar surface area (TPSA) is 29.5 Å². The third-order valence-electron chi connectivity index (χ3n) is 2.61. The van der Waals surface area contributed by atoms with Gasteiger partial charge in [-0.15, -0.1) is 0 Å². The molecule has 90 valence electrons. The molecule has 0 heterocycles. The minimum atomic E-state index is -1.03. The molecule has 0 aliphatic carbocycles. The predicted molar refractivity (Wildman–Crippen MR) is 57.3 cm³/mol. The highest BCUT2D eigenvalue weighted by atomic mass is 19.1. The van der Waals surface area contributed by atoms with Crippen molar-refractivity contribution in [2.45, 2.75) is 26.4 Å². The van der Waals surface area contributed by atoms with Crippen molar-refractivity contribution in [3.05, 3.63) is 29.8 Å². The van der Waals surface area contributed by atoms with Crippen molar-refractivity contribution in [3.63, 3.8) is 0 Å². The summed E-state index contributed by atoms with van der Waals surface area (Å²) in [5, 5.41) is 9.88. The Hall–Kier alpha value is -1.16. The van der Waals surface area contributed by atoms with Crippen LogP contribution in [0.1, 0.15) is 20.8 Å². The maximum atomic E-state index is 12.8. The van der Waals surface area contributed by atoms with Crippen molar-refractivity contribution in [3.8, 4) is 5.75 Å². The third kappa shape index (κ3) is 3.45. The Labute approximate surface area is 93.9 Å². The molecule has 1 rings (SSSR count). The van der Waals surface area contributed by atoms with E-state index in [1.807, 2.05) is 13.8 Å². The third-order valence-corrected chi connectivity index (χ3v) is 2.61. The molecule has 0 radical (unpaired) electrons. The Morgan fingerprint density at radius 3 is 2.19 bits per heavy atom. The summed E-state index contributed by atoms with van der Waals surface area (Å²) < 4.78 is 30.8. The highest BCUT2D eigenvalue weighted by molar-refractivity contribution is 5.23. The second kappa shape index (κ2) is 4.78. The number of ether oxygens (including phenoxy) is 1. The van der Waals surface area contributed by atoms with Crippen LogP contribution in [0.4, 0.5) is 8.78 Å².